The fraction of sp³-hybridized carbons (Fsp3) is 0.333. The number of benzene rings is 2. The number of phenolic OH excluding ortho intramolecular Hbond substituents is 1. The number of morpholine rings is 1. The molecule has 2 heterocycles. The summed E-state index contributed by atoms with van der Waals surface area (Å²) in [6.07, 6.45) is 2.63. The van der Waals surface area contributed by atoms with Gasteiger partial charge in [-0.2, -0.15) is 0 Å². The Kier molecular flexibility index (Phi) is 7.14. The summed E-state index contributed by atoms with van der Waals surface area (Å²) in [7, 11) is 0. The molecule has 0 bridgehead atoms. The van der Waals surface area contributed by atoms with Crippen LogP contribution in [0.5, 0.6) is 5.75 Å². The van der Waals surface area contributed by atoms with Crippen LogP contribution in [0.25, 0.3) is 11.3 Å². The molecule has 0 saturated carbocycles. The first-order valence-corrected chi connectivity index (χ1v) is 10.8. The molecule has 4 rings (SSSR count). The van der Waals surface area contributed by atoms with Crippen molar-refractivity contribution in [3.05, 3.63) is 60.0 Å². The summed E-state index contributed by atoms with van der Waals surface area (Å²) in [6, 6.07) is 11.8. The third-order valence-corrected chi connectivity index (χ3v) is 5.37. The molecule has 1 aliphatic heterocycles. The number of hydrogen-bond donors (Lipinski definition) is 3. The molecule has 1 aromatic heterocycles. The summed E-state index contributed by atoms with van der Waals surface area (Å²) in [5.41, 5.74) is 3.00. The predicted octanol–water partition coefficient (Wildman–Crippen LogP) is 4.17. The smallest absolute Gasteiger partial charge is 0.223 e. The van der Waals surface area contributed by atoms with Crippen LogP contribution in [0.2, 0.25) is 0 Å². The first kappa shape index (κ1) is 22.0. The standard InChI is InChI=1S/C24H28FN5O2/c1-17-3-5-22(20(25)15-17)28-18-4-6-23(31)19(16-18)21-7-9-27-24(29-21)26-8-2-10-30-11-13-32-14-12-30/h3-7,9,15-16,28,31H,2,8,10-14H2,1H3,(H,26,27,29). The van der Waals surface area contributed by atoms with E-state index in [4.69, 9.17) is 4.74 Å². The van der Waals surface area contributed by atoms with Gasteiger partial charge in [-0.3, -0.25) is 4.90 Å². The number of aryl methyl sites for hydroxylation is 1. The van der Waals surface area contributed by atoms with E-state index in [1.54, 1.807) is 36.5 Å². The minimum atomic E-state index is -0.328. The molecule has 0 amide bonds. The highest BCUT2D eigenvalue weighted by molar-refractivity contribution is 5.74. The van der Waals surface area contributed by atoms with Crippen LogP contribution in [-0.4, -0.2) is 59.4 Å². The molecule has 8 heteroatoms. The number of anilines is 3. The van der Waals surface area contributed by atoms with E-state index in [0.717, 1.165) is 51.4 Å². The van der Waals surface area contributed by atoms with Gasteiger partial charge >= 0.3 is 0 Å². The quantitative estimate of drug-likeness (QED) is 0.360. The summed E-state index contributed by atoms with van der Waals surface area (Å²) in [6.45, 7) is 7.14. The van der Waals surface area contributed by atoms with E-state index in [2.05, 4.69) is 25.5 Å². The Hall–Kier alpha value is -3.23. The van der Waals surface area contributed by atoms with Crippen LogP contribution in [0.1, 0.15) is 12.0 Å². The number of nitrogens with zero attached hydrogens (tertiary/aromatic N) is 3. The van der Waals surface area contributed by atoms with E-state index >= 15 is 0 Å². The highest BCUT2D eigenvalue weighted by Gasteiger charge is 2.11. The third-order valence-electron chi connectivity index (χ3n) is 5.37. The molecule has 32 heavy (non-hydrogen) atoms. The van der Waals surface area contributed by atoms with Gasteiger partial charge < -0.3 is 20.5 Å². The van der Waals surface area contributed by atoms with E-state index in [1.807, 2.05) is 13.0 Å². The van der Waals surface area contributed by atoms with Crippen LogP contribution in [0, 0.1) is 12.7 Å². The van der Waals surface area contributed by atoms with Crippen molar-refractivity contribution in [1.82, 2.24) is 14.9 Å². The van der Waals surface area contributed by atoms with E-state index in [-0.39, 0.29) is 11.6 Å². The van der Waals surface area contributed by atoms with Crippen molar-refractivity contribution >= 4 is 17.3 Å². The van der Waals surface area contributed by atoms with E-state index < -0.39 is 0 Å². The van der Waals surface area contributed by atoms with Gasteiger partial charge in [0.1, 0.15) is 11.6 Å². The van der Waals surface area contributed by atoms with Crippen LogP contribution in [0.3, 0.4) is 0 Å². The second kappa shape index (κ2) is 10.4. The number of aromatic nitrogens is 2. The monoisotopic (exact) mass is 437 g/mol. The SMILES string of the molecule is Cc1ccc(Nc2ccc(O)c(-c3ccnc(NCCCN4CCOCC4)n3)c2)c(F)c1. The fourth-order valence-electron chi connectivity index (χ4n) is 3.62. The van der Waals surface area contributed by atoms with Gasteiger partial charge in [-0.25, -0.2) is 14.4 Å². The second-order valence-corrected chi connectivity index (χ2v) is 7.84. The zero-order chi connectivity index (χ0) is 22.3. The average molecular weight is 438 g/mol. The molecule has 1 aliphatic rings. The molecule has 168 valence electrons. The molecule has 0 atom stereocenters. The van der Waals surface area contributed by atoms with Gasteiger partial charge in [0.15, 0.2) is 0 Å². The molecule has 0 aliphatic carbocycles. The Morgan fingerprint density at radius 3 is 2.78 bits per heavy atom. The maximum absolute atomic E-state index is 14.2. The molecule has 3 N–H and O–H groups in total. The van der Waals surface area contributed by atoms with Crippen LogP contribution < -0.4 is 10.6 Å². The molecule has 3 aromatic rings. The van der Waals surface area contributed by atoms with Crippen molar-refractivity contribution in [2.75, 3.05) is 50.0 Å². The Labute approximate surface area is 187 Å². The number of ether oxygens (including phenoxy) is 1. The van der Waals surface area contributed by atoms with E-state index in [9.17, 15) is 9.50 Å². The fourth-order valence-corrected chi connectivity index (χ4v) is 3.62. The maximum Gasteiger partial charge on any atom is 0.223 e. The van der Waals surface area contributed by atoms with Crippen LogP contribution in [-0.2, 0) is 4.74 Å². The number of rotatable bonds is 8. The first-order valence-electron chi connectivity index (χ1n) is 10.8. The largest absolute Gasteiger partial charge is 0.507 e. The molecule has 0 unspecified atom stereocenters. The lowest BCUT2D eigenvalue weighted by Crippen LogP contribution is -2.37. The van der Waals surface area contributed by atoms with Crippen molar-refractivity contribution in [3.63, 3.8) is 0 Å². The Morgan fingerprint density at radius 2 is 1.97 bits per heavy atom. The van der Waals surface area contributed by atoms with E-state index in [0.29, 0.717) is 28.6 Å². The van der Waals surface area contributed by atoms with Gasteiger partial charge in [0.05, 0.1) is 24.6 Å². The molecule has 2 aromatic carbocycles. The Balaban J connectivity index is 1.42. The third kappa shape index (κ3) is 5.72. The van der Waals surface area contributed by atoms with Crippen LogP contribution >= 0.6 is 0 Å². The molecule has 0 spiro atoms. The van der Waals surface area contributed by atoms with Crippen molar-refractivity contribution in [3.8, 4) is 17.0 Å². The lowest BCUT2D eigenvalue weighted by atomic mass is 10.1. The zero-order valence-corrected chi connectivity index (χ0v) is 18.1. The van der Waals surface area contributed by atoms with Gasteiger partial charge in [0.25, 0.3) is 0 Å². The van der Waals surface area contributed by atoms with Crippen LogP contribution in [0.4, 0.5) is 21.7 Å². The minimum Gasteiger partial charge on any atom is -0.507 e. The summed E-state index contributed by atoms with van der Waals surface area (Å²) < 4.78 is 19.6. The minimum absolute atomic E-state index is 0.0943. The van der Waals surface area contributed by atoms with Crippen molar-refractivity contribution in [1.29, 1.82) is 0 Å². The molecule has 1 fully saturated rings. The van der Waals surface area contributed by atoms with Crippen molar-refractivity contribution in [2.24, 2.45) is 0 Å². The number of nitrogens with one attached hydrogen (secondary N) is 2. The zero-order valence-electron chi connectivity index (χ0n) is 18.1. The molecule has 7 nitrogen and oxygen atoms in total. The second-order valence-electron chi connectivity index (χ2n) is 7.84. The Morgan fingerprint density at radius 1 is 1.12 bits per heavy atom. The van der Waals surface area contributed by atoms with Gasteiger partial charge in [0, 0.05) is 37.1 Å². The van der Waals surface area contributed by atoms with E-state index in [1.165, 1.54) is 6.07 Å². The average Bonchev–Trinajstić information content (AvgIpc) is 2.81. The molecule has 0 radical (unpaired) electrons. The number of aromatic hydroxyl groups is 1. The number of phenols is 1. The first-order chi connectivity index (χ1) is 15.6. The molecule has 1 saturated heterocycles. The lowest BCUT2D eigenvalue weighted by molar-refractivity contribution is 0.0378. The highest BCUT2D eigenvalue weighted by atomic mass is 19.1. The van der Waals surface area contributed by atoms with Crippen molar-refractivity contribution < 1.29 is 14.2 Å². The number of hydrogen-bond acceptors (Lipinski definition) is 7. The van der Waals surface area contributed by atoms with Gasteiger partial charge in [-0.1, -0.05) is 6.07 Å². The summed E-state index contributed by atoms with van der Waals surface area (Å²) in [5, 5.41) is 16.7. The molecular weight excluding hydrogens is 409 g/mol. The summed E-state index contributed by atoms with van der Waals surface area (Å²) >= 11 is 0. The van der Waals surface area contributed by atoms with Gasteiger partial charge in [0.2, 0.25) is 5.95 Å². The van der Waals surface area contributed by atoms with Gasteiger partial charge in [-0.05, 0) is 61.9 Å². The predicted molar refractivity (Wildman–Crippen MR) is 124 cm³/mol. The highest BCUT2D eigenvalue weighted by Crippen LogP contribution is 2.32. The summed E-state index contributed by atoms with van der Waals surface area (Å²) in [5.74, 6) is 0.272. The lowest BCUT2D eigenvalue weighted by Gasteiger charge is -2.26. The Bertz CT molecular complexity index is 1060. The van der Waals surface area contributed by atoms with Crippen molar-refractivity contribution in [2.45, 2.75) is 13.3 Å². The maximum atomic E-state index is 14.2. The van der Waals surface area contributed by atoms with Crippen LogP contribution in [0.15, 0.2) is 48.7 Å². The topological polar surface area (TPSA) is 82.5 Å². The summed E-state index contributed by atoms with van der Waals surface area (Å²) in [4.78, 5) is 11.2. The normalized spacial score (nSPS) is 14.3. The molecular formula is C24H28FN5O2. The van der Waals surface area contributed by atoms with Gasteiger partial charge in [-0.15, -0.1) is 0 Å². The number of halogens is 1.